The van der Waals surface area contributed by atoms with Gasteiger partial charge in [-0.2, -0.15) is 0 Å². The molecule has 0 amide bonds. The summed E-state index contributed by atoms with van der Waals surface area (Å²) in [5.74, 6) is 0. The summed E-state index contributed by atoms with van der Waals surface area (Å²) >= 11 is 0. The van der Waals surface area contributed by atoms with E-state index in [0.29, 0.717) is 12.1 Å². The molecule has 1 unspecified atom stereocenters. The molecule has 0 aromatic rings. The fourth-order valence-electron chi connectivity index (χ4n) is 1.21. The number of nitrogens with one attached hydrogen (secondary N) is 2. The Kier molecular flexibility index (Phi) is 7.51. The van der Waals surface area contributed by atoms with Crippen LogP contribution in [0.5, 0.6) is 0 Å². The largest absolute Gasteiger partial charge is 0.313 e. The maximum Gasteiger partial charge on any atom is 0.00793 e. The van der Waals surface area contributed by atoms with Crippen molar-refractivity contribution in [3.8, 4) is 0 Å². The van der Waals surface area contributed by atoms with Crippen LogP contribution in [0.15, 0.2) is 0 Å². The van der Waals surface area contributed by atoms with E-state index in [2.05, 4.69) is 38.3 Å². The van der Waals surface area contributed by atoms with Crippen molar-refractivity contribution in [3.05, 3.63) is 0 Å². The molecule has 2 heteroatoms. The number of hydrogen-bond acceptors (Lipinski definition) is 2. The van der Waals surface area contributed by atoms with Crippen molar-refractivity contribution in [2.45, 2.75) is 52.6 Å². The minimum atomic E-state index is 0.605. The zero-order chi connectivity index (χ0) is 9.40. The molecular weight excluding hydrogens is 148 g/mol. The third-order valence-corrected chi connectivity index (χ3v) is 1.89. The Morgan fingerprint density at radius 2 is 1.58 bits per heavy atom. The summed E-state index contributed by atoms with van der Waals surface area (Å²) in [6.07, 6.45) is 2.55. The molecule has 0 fully saturated rings. The summed E-state index contributed by atoms with van der Waals surface area (Å²) in [6.45, 7) is 11.0. The van der Waals surface area contributed by atoms with Gasteiger partial charge in [0.1, 0.15) is 0 Å². The molecule has 0 aliphatic rings. The van der Waals surface area contributed by atoms with Crippen molar-refractivity contribution in [3.63, 3.8) is 0 Å². The Hall–Kier alpha value is -0.0800. The van der Waals surface area contributed by atoms with Crippen molar-refractivity contribution < 1.29 is 0 Å². The Morgan fingerprint density at radius 3 is 2.08 bits per heavy atom. The van der Waals surface area contributed by atoms with Gasteiger partial charge in [-0.05, 0) is 13.3 Å². The van der Waals surface area contributed by atoms with Gasteiger partial charge in [0.15, 0.2) is 0 Å². The smallest absolute Gasteiger partial charge is 0.00793 e. The maximum atomic E-state index is 3.48. The first-order chi connectivity index (χ1) is 5.66. The quantitative estimate of drug-likeness (QED) is 0.572. The van der Waals surface area contributed by atoms with E-state index in [1.165, 1.54) is 12.8 Å². The lowest BCUT2D eigenvalue weighted by molar-refractivity contribution is 0.483. The Morgan fingerprint density at radius 1 is 1.00 bits per heavy atom. The van der Waals surface area contributed by atoms with E-state index in [1.807, 2.05) is 0 Å². The first-order valence-corrected chi connectivity index (χ1v) is 5.13. The van der Waals surface area contributed by atoms with Gasteiger partial charge < -0.3 is 10.6 Å². The Labute approximate surface area is 77.1 Å². The predicted octanol–water partition coefficient (Wildman–Crippen LogP) is 1.76. The minimum absolute atomic E-state index is 0.605. The SMILES string of the molecule is CCCC(C)NCCNC(C)C. The van der Waals surface area contributed by atoms with Crippen molar-refractivity contribution in [1.82, 2.24) is 10.6 Å². The second-order valence-corrected chi connectivity index (χ2v) is 3.75. The van der Waals surface area contributed by atoms with E-state index < -0.39 is 0 Å². The summed E-state index contributed by atoms with van der Waals surface area (Å²) in [5, 5.41) is 6.86. The lowest BCUT2D eigenvalue weighted by atomic mass is 10.2. The molecule has 2 nitrogen and oxygen atoms in total. The number of hydrogen-bond donors (Lipinski definition) is 2. The van der Waals surface area contributed by atoms with Crippen LogP contribution in [0.4, 0.5) is 0 Å². The minimum Gasteiger partial charge on any atom is -0.313 e. The molecule has 0 aliphatic heterocycles. The van der Waals surface area contributed by atoms with Crippen LogP contribution in [0.1, 0.15) is 40.5 Å². The highest BCUT2D eigenvalue weighted by atomic mass is 15.0. The second kappa shape index (κ2) is 7.56. The first-order valence-electron chi connectivity index (χ1n) is 5.13. The van der Waals surface area contributed by atoms with Crippen LogP contribution in [0, 0.1) is 0 Å². The molecule has 0 saturated carbocycles. The molecule has 0 aromatic heterocycles. The fraction of sp³-hybridized carbons (Fsp3) is 1.00. The normalized spacial score (nSPS) is 13.8. The molecule has 0 saturated heterocycles. The summed E-state index contributed by atoms with van der Waals surface area (Å²) in [7, 11) is 0. The van der Waals surface area contributed by atoms with Gasteiger partial charge in [0.25, 0.3) is 0 Å². The Balaban J connectivity index is 3.08. The van der Waals surface area contributed by atoms with Crippen LogP contribution < -0.4 is 10.6 Å². The molecule has 0 radical (unpaired) electrons. The van der Waals surface area contributed by atoms with Gasteiger partial charge in [0, 0.05) is 25.2 Å². The summed E-state index contributed by atoms with van der Waals surface area (Å²) in [6, 6.07) is 1.28. The van der Waals surface area contributed by atoms with Crippen LogP contribution in [0.2, 0.25) is 0 Å². The highest BCUT2D eigenvalue weighted by molar-refractivity contribution is 4.61. The molecule has 0 heterocycles. The summed E-state index contributed by atoms with van der Waals surface area (Å²) < 4.78 is 0. The van der Waals surface area contributed by atoms with Crippen molar-refractivity contribution >= 4 is 0 Å². The van der Waals surface area contributed by atoms with E-state index in [4.69, 9.17) is 0 Å². The van der Waals surface area contributed by atoms with E-state index in [1.54, 1.807) is 0 Å². The van der Waals surface area contributed by atoms with E-state index in [0.717, 1.165) is 13.1 Å². The fourth-order valence-corrected chi connectivity index (χ4v) is 1.21. The zero-order valence-corrected chi connectivity index (χ0v) is 8.98. The molecule has 0 rings (SSSR count). The van der Waals surface area contributed by atoms with Crippen molar-refractivity contribution in [2.24, 2.45) is 0 Å². The molecule has 0 bridgehead atoms. The van der Waals surface area contributed by atoms with E-state index in [-0.39, 0.29) is 0 Å². The lowest BCUT2D eigenvalue weighted by Crippen LogP contribution is -2.35. The van der Waals surface area contributed by atoms with Crippen LogP contribution in [0.25, 0.3) is 0 Å². The maximum absolute atomic E-state index is 3.48. The molecule has 74 valence electrons. The average molecular weight is 172 g/mol. The number of rotatable bonds is 7. The molecule has 0 aliphatic carbocycles. The lowest BCUT2D eigenvalue weighted by Gasteiger charge is -2.13. The van der Waals surface area contributed by atoms with Crippen molar-refractivity contribution in [1.29, 1.82) is 0 Å². The third-order valence-electron chi connectivity index (χ3n) is 1.89. The molecule has 0 aromatic carbocycles. The molecule has 2 N–H and O–H groups in total. The third kappa shape index (κ3) is 8.02. The van der Waals surface area contributed by atoms with E-state index in [9.17, 15) is 0 Å². The second-order valence-electron chi connectivity index (χ2n) is 3.75. The topological polar surface area (TPSA) is 24.1 Å². The van der Waals surface area contributed by atoms with Gasteiger partial charge in [-0.3, -0.25) is 0 Å². The van der Waals surface area contributed by atoms with Gasteiger partial charge in [0.2, 0.25) is 0 Å². The van der Waals surface area contributed by atoms with Crippen molar-refractivity contribution in [2.75, 3.05) is 13.1 Å². The first kappa shape index (κ1) is 11.9. The average Bonchev–Trinajstić information content (AvgIpc) is 1.98. The molecular formula is C10H24N2. The molecule has 0 spiro atoms. The van der Waals surface area contributed by atoms with Gasteiger partial charge >= 0.3 is 0 Å². The zero-order valence-electron chi connectivity index (χ0n) is 8.98. The molecule has 1 atom stereocenters. The van der Waals surface area contributed by atoms with Gasteiger partial charge in [-0.25, -0.2) is 0 Å². The summed E-state index contributed by atoms with van der Waals surface area (Å²) in [5.41, 5.74) is 0. The molecule has 12 heavy (non-hydrogen) atoms. The standard InChI is InChI=1S/C10H24N2/c1-5-6-10(4)12-8-7-11-9(2)3/h9-12H,5-8H2,1-4H3. The highest BCUT2D eigenvalue weighted by Gasteiger charge is 1.97. The van der Waals surface area contributed by atoms with Gasteiger partial charge in [0.05, 0.1) is 0 Å². The van der Waals surface area contributed by atoms with Gasteiger partial charge in [-0.15, -0.1) is 0 Å². The summed E-state index contributed by atoms with van der Waals surface area (Å²) in [4.78, 5) is 0. The predicted molar refractivity (Wildman–Crippen MR) is 55.5 cm³/mol. The van der Waals surface area contributed by atoms with E-state index >= 15 is 0 Å². The monoisotopic (exact) mass is 172 g/mol. The van der Waals surface area contributed by atoms with Crippen LogP contribution in [-0.2, 0) is 0 Å². The van der Waals surface area contributed by atoms with Gasteiger partial charge in [-0.1, -0.05) is 27.2 Å². The van der Waals surface area contributed by atoms with Crippen LogP contribution in [0.3, 0.4) is 0 Å². The van der Waals surface area contributed by atoms with Crippen LogP contribution in [-0.4, -0.2) is 25.2 Å². The van der Waals surface area contributed by atoms with Crippen LogP contribution >= 0.6 is 0 Å². The highest BCUT2D eigenvalue weighted by Crippen LogP contribution is 1.93. The Bertz CT molecular complexity index is 91.8.